The number of carbonyl (C=O) groups is 2. The summed E-state index contributed by atoms with van der Waals surface area (Å²) in [6, 6.07) is 20.6. The van der Waals surface area contributed by atoms with Gasteiger partial charge in [-0.1, -0.05) is 62.4 Å². The van der Waals surface area contributed by atoms with E-state index in [1.54, 1.807) is 12.1 Å². The summed E-state index contributed by atoms with van der Waals surface area (Å²) in [6.45, 7) is 5.36. The molecule has 35 heavy (non-hydrogen) atoms. The molecule has 1 aliphatic rings. The summed E-state index contributed by atoms with van der Waals surface area (Å²) >= 11 is 0. The highest BCUT2D eigenvalue weighted by atomic mass is 19.3. The number of rotatable bonds is 7. The molecule has 0 heterocycles. The van der Waals surface area contributed by atoms with Gasteiger partial charge in [-0.05, 0) is 75.9 Å². The molecule has 0 aromatic heterocycles. The van der Waals surface area contributed by atoms with Gasteiger partial charge in [0.15, 0.2) is 0 Å². The van der Waals surface area contributed by atoms with Crippen LogP contribution in [0, 0.1) is 0 Å². The maximum absolute atomic E-state index is 12.9. The first kappa shape index (κ1) is 24.4. The van der Waals surface area contributed by atoms with Crippen LogP contribution in [0.5, 0.6) is 0 Å². The van der Waals surface area contributed by atoms with Crippen LogP contribution in [0.1, 0.15) is 68.8 Å². The first-order valence-electron chi connectivity index (χ1n) is 11.7. The fraction of sp³-hybridized carbons (Fsp3) is 0.241. The Kier molecular flexibility index (Phi) is 7.12. The van der Waals surface area contributed by atoms with Crippen LogP contribution in [-0.4, -0.2) is 18.4 Å². The minimum absolute atomic E-state index is 0.0220. The SMILES string of the molecule is CC1(C)CC=C(c2ccc(CN)cc2)c2cc(C(=O)NCCc3ccc(C(=O)OF)cc3)ccc21. The van der Waals surface area contributed by atoms with E-state index in [2.05, 4.69) is 48.4 Å². The van der Waals surface area contributed by atoms with E-state index in [0.717, 1.165) is 34.2 Å². The predicted molar refractivity (Wildman–Crippen MR) is 135 cm³/mol. The number of halogens is 1. The molecule has 0 spiro atoms. The van der Waals surface area contributed by atoms with Crippen molar-refractivity contribution in [1.82, 2.24) is 5.32 Å². The van der Waals surface area contributed by atoms with Crippen LogP contribution in [0.2, 0.25) is 0 Å². The van der Waals surface area contributed by atoms with E-state index in [1.807, 2.05) is 24.3 Å². The van der Waals surface area contributed by atoms with Crippen molar-refractivity contribution >= 4 is 17.4 Å². The Balaban J connectivity index is 1.49. The molecule has 0 fully saturated rings. The van der Waals surface area contributed by atoms with Crippen LogP contribution in [0.25, 0.3) is 5.57 Å². The fourth-order valence-corrected chi connectivity index (χ4v) is 4.44. The third-order valence-electron chi connectivity index (χ3n) is 6.58. The van der Waals surface area contributed by atoms with Crippen molar-refractivity contribution in [3.8, 4) is 0 Å². The minimum Gasteiger partial charge on any atom is -0.352 e. The average molecular weight is 473 g/mol. The van der Waals surface area contributed by atoms with Crippen molar-refractivity contribution in [3.05, 3.63) is 112 Å². The second-order valence-corrected chi connectivity index (χ2v) is 9.43. The molecule has 0 saturated carbocycles. The minimum atomic E-state index is -1.02. The standard InChI is InChI=1S/C29H29FN2O3/c1-29(2)15-13-24(21-7-5-20(18-31)6-8-21)25-17-23(11-12-26(25)29)27(33)32-16-14-19-3-9-22(10-4-19)28(34)35-30/h3-13,17H,14-16,18,31H2,1-2H3,(H,32,33). The van der Waals surface area contributed by atoms with Crippen LogP contribution in [0.3, 0.4) is 0 Å². The number of carbonyl (C=O) groups excluding carboxylic acids is 2. The van der Waals surface area contributed by atoms with E-state index in [0.29, 0.717) is 25.1 Å². The lowest BCUT2D eigenvalue weighted by Crippen LogP contribution is -2.27. The van der Waals surface area contributed by atoms with Crippen LogP contribution in [-0.2, 0) is 23.3 Å². The Morgan fingerprint density at radius 1 is 0.971 bits per heavy atom. The fourth-order valence-electron chi connectivity index (χ4n) is 4.44. The van der Waals surface area contributed by atoms with Crippen molar-refractivity contribution in [2.24, 2.45) is 5.73 Å². The maximum atomic E-state index is 12.9. The van der Waals surface area contributed by atoms with E-state index in [1.165, 1.54) is 17.7 Å². The molecule has 6 heteroatoms. The van der Waals surface area contributed by atoms with Gasteiger partial charge in [-0.2, -0.15) is 0 Å². The molecule has 3 N–H and O–H groups in total. The molecule has 0 radical (unpaired) electrons. The number of benzene rings is 3. The Bertz CT molecular complexity index is 1260. The number of hydrogen-bond acceptors (Lipinski definition) is 4. The summed E-state index contributed by atoms with van der Waals surface area (Å²) < 4.78 is 12.0. The zero-order valence-electron chi connectivity index (χ0n) is 19.9. The topological polar surface area (TPSA) is 81.4 Å². The smallest absolute Gasteiger partial charge is 0.352 e. The van der Waals surface area contributed by atoms with Crippen LogP contribution >= 0.6 is 0 Å². The monoisotopic (exact) mass is 472 g/mol. The second-order valence-electron chi connectivity index (χ2n) is 9.43. The van der Waals surface area contributed by atoms with Gasteiger partial charge in [-0.15, -0.1) is 0 Å². The van der Waals surface area contributed by atoms with Crippen LogP contribution in [0.15, 0.2) is 72.8 Å². The van der Waals surface area contributed by atoms with Crippen molar-refractivity contribution in [3.63, 3.8) is 0 Å². The Labute approximate surface area is 204 Å². The molecule has 180 valence electrons. The third kappa shape index (κ3) is 5.33. The molecular formula is C29H29FN2O3. The third-order valence-corrected chi connectivity index (χ3v) is 6.58. The number of amides is 1. The summed E-state index contributed by atoms with van der Waals surface area (Å²) in [5.74, 6) is -1.17. The zero-order valence-corrected chi connectivity index (χ0v) is 19.9. The number of hydrogen-bond donors (Lipinski definition) is 2. The summed E-state index contributed by atoms with van der Waals surface area (Å²) in [5.41, 5.74) is 13.0. The summed E-state index contributed by atoms with van der Waals surface area (Å²) in [7, 11) is 0. The van der Waals surface area contributed by atoms with E-state index in [4.69, 9.17) is 5.73 Å². The lowest BCUT2D eigenvalue weighted by atomic mass is 9.72. The van der Waals surface area contributed by atoms with E-state index >= 15 is 0 Å². The predicted octanol–water partition coefficient (Wildman–Crippen LogP) is 5.27. The summed E-state index contributed by atoms with van der Waals surface area (Å²) in [5, 5.41) is 2.97. The maximum Gasteiger partial charge on any atom is 0.379 e. The van der Waals surface area contributed by atoms with Crippen molar-refractivity contribution in [2.75, 3.05) is 6.54 Å². The van der Waals surface area contributed by atoms with Crippen LogP contribution < -0.4 is 11.1 Å². The molecule has 0 aliphatic heterocycles. The second kappa shape index (κ2) is 10.2. The van der Waals surface area contributed by atoms with Gasteiger partial charge in [-0.25, -0.2) is 9.74 Å². The van der Waals surface area contributed by atoms with Gasteiger partial charge in [0.25, 0.3) is 5.91 Å². The van der Waals surface area contributed by atoms with E-state index in [9.17, 15) is 14.1 Å². The van der Waals surface area contributed by atoms with Gasteiger partial charge in [0.2, 0.25) is 0 Å². The molecule has 1 amide bonds. The molecule has 5 nitrogen and oxygen atoms in total. The van der Waals surface area contributed by atoms with Gasteiger partial charge in [0.1, 0.15) is 0 Å². The first-order chi connectivity index (χ1) is 16.8. The largest absolute Gasteiger partial charge is 0.379 e. The first-order valence-corrected chi connectivity index (χ1v) is 11.7. The highest BCUT2D eigenvalue weighted by Gasteiger charge is 2.29. The Morgan fingerprint density at radius 3 is 2.29 bits per heavy atom. The van der Waals surface area contributed by atoms with Gasteiger partial charge in [0.05, 0.1) is 5.56 Å². The molecule has 0 bridgehead atoms. The Hall–Kier alpha value is -3.77. The molecular weight excluding hydrogens is 443 g/mol. The number of allylic oxidation sites excluding steroid dienone is 1. The number of nitrogens with two attached hydrogens (primary N) is 1. The molecule has 0 unspecified atom stereocenters. The summed E-state index contributed by atoms with van der Waals surface area (Å²) in [6.07, 6.45) is 3.75. The van der Waals surface area contributed by atoms with Gasteiger partial charge < -0.3 is 11.1 Å². The average Bonchev–Trinajstić information content (AvgIpc) is 2.88. The van der Waals surface area contributed by atoms with Gasteiger partial charge in [-0.3, -0.25) is 4.79 Å². The highest BCUT2D eigenvalue weighted by Crippen LogP contribution is 2.41. The molecule has 4 rings (SSSR count). The molecule has 1 aliphatic carbocycles. The van der Waals surface area contributed by atoms with Crippen molar-refractivity contribution < 1.29 is 19.1 Å². The zero-order chi connectivity index (χ0) is 25.0. The number of fused-ring (bicyclic) bond motifs is 1. The van der Waals surface area contributed by atoms with E-state index < -0.39 is 5.97 Å². The normalized spacial score (nSPS) is 14.0. The van der Waals surface area contributed by atoms with Crippen molar-refractivity contribution in [2.45, 2.75) is 38.6 Å². The molecule has 0 atom stereocenters. The highest BCUT2D eigenvalue weighted by molar-refractivity contribution is 5.96. The molecule has 3 aromatic rings. The lowest BCUT2D eigenvalue weighted by molar-refractivity contribution is -0.0788. The molecule has 3 aromatic carbocycles. The van der Waals surface area contributed by atoms with Gasteiger partial charge in [0, 0.05) is 23.2 Å². The summed E-state index contributed by atoms with van der Waals surface area (Å²) in [4.78, 5) is 27.4. The molecule has 0 saturated heterocycles. The number of nitrogens with one attached hydrogen (secondary N) is 1. The lowest BCUT2D eigenvalue weighted by Gasteiger charge is -2.32. The van der Waals surface area contributed by atoms with Crippen molar-refractivity contribution in [1.29, 1.82) is 0 Å². The van der Waals surface area contributed by atoms with Gasteiger partial charge >= 0.3 is 5.97 Å². The Morgan fingerprint density at radius 2 is 1.63 bits per heavy atom. The quantitative estimate of drug-likeness (QED) is 0.491. The van der Waals surface area contributed by atoms with E-state index in [-0.39, 0.29) is 16.9 Å². The van der Waals surface area contributed by atoms with Crippen LogP contribution in [0.4, 0.5) is 4.53 Å².